The molecular weight excluding hydrogens is 300 g/mol. The Kier molecular flexibility index (Phi) is 12.4. The van der Waals surface area contributed by atoms with Gasteiger partial charge in [-0.05, 0) is 0 Å². The molecule has 21 heavy (non-hydrogen) atoms. The quantitative estimate of drug-likeness (QED) is 0.290. The monoisotopic (exact) mass is 338 g/mol. The first-order valence-corrected chi connectivity index (χ1v) is 11.6. The predicted molar refractivity (Wildman–Crippen MR) is 86.9 cm³/mol. The van der Waals surface area contributed by atoms with Gasteiger partial charge >= 0.3 is 138 Å². The Hall–Kier alpha value is 0.594. The molecule has 0 bridgehead atoms. The van der Waals surface area contributed by atoms with Crippen LogP contribution in [0.4, 0.5) is 0 Å². The van der Waals surface area contributed by atoms with Crippen molar-refractivity contribution in [2.75, 3.05) is 19.8 Å². The third kappa shape index (κ3) is 7.61. The summed E-state index contributed by atoms with van der Waals surface area (Å²) in [6, 6.07) is 0. The Bertz CT molecular complexity index is 218. The molecule has 0 amide bonds. The van der Waals surface area contributed by atoms with Gasteiger partial charge in [0.2, 0.25) is 0 Å². The van der Waals surface area contributed by atoms with E-state index < -0.39 is 17.8 Å². The van der Waals surface area contributed by atoms with E-state index in [2.05, 4.69) is 41.5 Å². The number of hydrogen-bond donors (Lipinski definition) is 0. The van der Waals surface area contributed by atoms with Crippen molar-refractivity contribution >= 4 is 0 Å². The first kappa shape index (κ1) is 21.6. The van der Waals surface area contributed by atoms with Crippen LogP contribution in [0, 0.1) is 0 Å². The molecule has 0 atom stereocenters. The van der Waals surface area contributed by atoms with E-state index in [0.29, 0.717) is 0 Å². The van der Waals surface area contributed by atoms with Crippen molar-refractivity contribution in [2.45, 2.75) is 90.2 Å². The summed E-state index contributed by atoms with van der Waals surface area (Å²) >= 11 is -3.24. The summed E-state index contributed by atoms with van der Waals surface area (Å²) in [5.74, 6) is 0. The second-order valence-electron chi connectivity index (χ2n) is 6.40. The maximum absolute atomic E-state index is 6.36. The van der Waals surface area contributed by atoms with E-state index in [-0.39, 0.29) is 3.72 Å². The molecule has 0 unspecified atom stereocenters. The molecule has 0 heterocycles. The molecule has 128 valence electrons. The number of unbranched alkanes of at least 4 members (excludes halogenated alkanes) is 3. The van der Waals surface area contributed by atoms with Crippen LogP contribution in [-0.4, -0.2) is 19.8 Å². The zero-order valence-corrected chi connectivity index (χ0v) is 16.9. The second kappa shape index (κ2) is 12.1. The van der Waals surface area contributed by atoms with E-state index in [1.807, 2.05) is 0 Å². The molecule has 0 aliphatic heterocycles. The SMILES string of the molecule is CCCC[O][Ti]([O]CCCC)([O]CCCC)[C](C)(C)CC. The van der Waals surface area contributed by atoms with Gasteiger partial charge < -0.3 is 0 Å². The molecule has 0 fully saturated rings. The van der Waals surface area contributed by atoms with Gasteiger partial charge in [0.25, 0.3) is 0 Å². The van der Waals surface area contributed by atoms with Crippen LogP contribution in [0.25, 0.3) is 0 Å². The summed E-state index contributed by atoms with van der Waals surface area (Å²) in [6.07, 6.45) is 7.74. The van der Waals surface area contributed by atoms with Crippen LogP contribution in [0.2, 0.25) is 3.72 Å². The van der Waals surface area contributed by atoms with Crippen LogP contribution in [0.5, 0.6) is 0 Å². The molecular formula is C17H38O3Ti. The zero-order chi connectivity index (χ0) is 16.2. The van der Waals surface area contributed by atoms with E-state index in [4.69, 9.17) is 9.96 Å². The van der Waals surface area contributed by atoms with Gasteiger partial charge in [-0.15, -0.1) is 0 Å². The summed E-state index contributed by atoms with van der Waals surface area (Å²) in [5, 5.41) is 0. The number of rotatable bonds is 14. The van der Waals surface area contributed by atoms with Crippen molar-refractivity contribution in [1.82, 2.24) is 0 Å². The molecule has 0 aromatic heterocycles. The van der Waals surface area contributed by atoms with E-state index in [1.165, 1.54) is 0 Å². The van der Waals surface area contributed by atoms with Gasteiger partial charge in [0.15, 0.2) is 0 Å². The molecule has 3 nitrogen and oxygen atoms in total. The van der Waals surface area contributed by atoms with Crippen LogP contribution < -0.4 is 0 Å². The van der Waals surface area contributed by atoms with Gasteiger partial charge in [-0.2, -0.15) is 0 Å². The van der Waals surface area contributed by atoms with Crippen LogP contribution in [0.3, 0.4) is 0 Å². The average Bonchev–Trinajstić information content (AvgIpc) is 2.47. The Balaban J connectivity index is 4.96. The molecule has 0 radical (unpaired) electrons. The summed E-state index contributed by atoms with van der Waals surface area (Å²) < 4.78 is 19.1. The first-order chi connectivity index (χ1) is 9.99. The van der Waals surface area contributed by atoms with Crippen molar-refractivity contribution in [3.8, 4) is 0 Å². The van der Waals surface area contributed by atoms with Gasteiger partial charge in [0, 0.05) is 0 Å². The van der Waals surface area contributed by atoms with Crippen molar-refractivity contribution in [3.05, 3.63) is 0 Å². The van der Waals surface area contributed by atoms with E-state index >= 15 is 0 Å². The fraction of sp³-hybridized carbons (Fsp3) is 1.00. The second-order valence-corrected chi connectivity index (χ2v) is 11.6. The van der Waals surface area contributed by atoms with Crippen molar-refractivity contribution in [2.24, 2.45) is 0 Å². The van der Waals surface area contributed by atoms with Gasteiger partial charge in [0.05, 0.1) is 0 Å². The van der Waals surface area contributed by atoms with Crippen molar-refractivity contribution in [3.63, 3.8) is 0 Å². The summed E-state index contributed by atoms with van der Waals surface area (Å²) in [5.41, 5.74) is 0. The summed E-state index contributed by atoms with van der Waals surface area (Å²) in [4.78, 5) is 0. The standard InChI is InChI=1S/C5H11.3C4H9O.Ti/c1-4-5(2)3;3*1-2-3-4-5;/h4H2,1-3H3;3*2-4H2,1H3;/q;3*-1;+3. The Morgan fingerprint density at radius 1 is 0.667 bits per heavy atom. The van der Waals surface area contributed by atoms with Crippen LogP contribution in [0.1, 0.15) is 86.5 Å². The van der Waals surface area contributed by atoms with Gasteiger partial charge in [0.1, 0.15) is 0 Å². The average molecular weight is 338 g/mol. The molecule has 0 aliphatic rings. The zero-order valence-electron chi connectivity index (χ0n) is 15.3. The molecule has 0 aromatic carbocycles. The van der Waals surface area contributed by atoms with Crippen LogP contribution in [-0.2, 0) is 27.7 Å². The summed E-state index contributed by atoms with van der Waals surface area (Å²) in [7, 11) is 0. The third-order valence-corrected chi connectivity index (χ3v) is 9.96. The molecule has 4 heteroatoms. The van der Waals surface area contributed by atoms with Gasteiger partial charge in [-0.3, -0.25) is 0 Å². The van der Waals surface area contributed by atoms with E-state index in [0.717, 1.165) is 64.8 Å². The van der Waals surface area contributed by atoms with Crippen molar-refractivity contribution < 1.29 is 27.7 Å². The fourth-order valence-electron chi connectivity index (χ4n) is 1.98. The molecule has 0 aliphatic carbocycles. The Morgan fingerprint density at radius 2 is 1.00 bits per heavy atom. The Labute approximate surface area is 137 Å². The minimum absolute atomic E-state index is 0.0230. The molecule has 0 aromatic rings. The third-order valence-electron chi connectivity index (χ3n) is 4.08. The van der Waals surface area contributed by atoms with E-state index in [9.17, 15) is 0 Å². The molecule has 0 N–H and O–H groups in total. The number of hydrogen-bond acceptors (Lipinski definition) is 3. The predicted octanol–water partition coefficient (Wildman–Crippen LogP) is 5.94. The maximum atomic E-state index is 6.36. The molecule has 0 saturated heterocycles. The molecule has 0 saturated carbocycles. The Morgan fingerprint density at radius 3 is 1.24 bits per heavy atom. The topological polar surface area (TPSA) is 27.7 Å². The fourth-order valence-corrected chi connectivity index (χ4v) is 6.81. The summed E-state index contributed by atoms with van der Waals surface area (Å²) in [6.45, 7) is 15.6. The van der Waals surface area contributed by atoms with Gasteiger partial charge in [-0.1, -0.05) is 0 Å². The van der Waals surface area contributed by atoms with Crippen LogP contribution in [0.15, 0.2) is 0 Å². The first-order valence-electron chi connectivity index (χ1n) is 8.91. The van der Waals surface area contributed by atoms with E-state index in [1.54, 1.807) is 0 Å². The minimum atomic E-state index is -3.24. The van der Waals surface area contributed by atoms with Crippen LogP contribution >= 0.6 is 0 Å². The normalized spacial score (nSPS) is 12.9. The molecule has 0 spiro atoms. The molecule has 0 rings (SSSR count). The van der Waals surface area contributed by atoms with Crippen molar-refractivity contribution in [1.29, 1.82) is 0 Å². The van der Waals surface area contributed by atoms with Gasteiger partial charge in [-0.25, -0.2) is 0 Å².